The molecule has 1 aromatic carbocycles. The molecule has 0 saturated heterocycles. The van der Waals surface area contributed by atoms with Crippen molar-refractivity contribution in [3.8, 4) is 0 Å². The van der Waals surface area contributed by atoms with Gasteiger partial charge in [-0.1, -0.05) is 56.3 Å². The van der Waals surface area contributed by atoms with Crippen LogP contribution in [-0.4, -0.2) is 6.10 Å². The number of hydrogen-bond donors (Lipinski definition) is 0. The fraction of sp³-hybridized carbons (Fsp3) is 0.429. The summed E-state index contributed by atoms with van der Waals surface area (Å²) < 4.78 is 5.85. The summed E-state index contributed by atoms with van der Waals surface area (Å²) in [5, 5.41) is 0. The Kier molecular flexibility index (Phi) is 4.57. The van der Waals surface area contributed by atoms with Crippen LogP contribution in [0.4, 0.5) is 0 Å². The van der Waals surface area contributed by atoms with Crippen LogP contribution in [0.15, 0.2) is 42.5 Å². The van der Waals surface area contributed by atoms with E-state index in [1.54, 1.807) is 0 Å². The number of hydrogen-bond acceptors (Lipinski definition) is 1. The molecule has 0 aliphatic heterocycles. The summed E-state index contributed by atoms with van der Waals surface area (Å²) in [5.74, 6) is 0.478. The first-order valence-corrected chi connectivity index (χ1v) is 5.42. The summed E-state index contributed by atoms with van der Waals surface area (Å²) in [7, 11) is 0. The maximum absolute atomic E-state index is 5.85. The second-order valence-corrected chi connectivity index (χ2v) is 4.31. The Morgan fingerprint density at radius 1 is 1.27 bits per heavy atom. The van der Waals surface area contributed by atoms with Crippen LogP contribution in [0.5, 0.6) is 0 Å². The molecule has 1 heteroatoms. The fourth-order valence-corrected chi connectivity index (χ4v) is 1.66. The minimum atomic E-state index is 0.158. The van der Waals surface area contributed by atoms with Crippen molar-refractivity contribution in [3.05, 3.63) is 48.0 Å². The van der Waals surface area contributed by atoms with Gasteiger partial charge in [-0.2, -0.15) is 0 Å². The van der Waals surface area contributed by atoms with Gasteiger partial charge >= 0.3 is 0 Å². The molecule has 0 aromatic heterocycles. The summed E-state index contributed by atoms with van der Waals surface area (Å²) >= 11 is 0. The van der Waals surface area contributed by atoms with E-state index >= 15 is 0 Å². The van der Waals surface area contributed by atoms with Gasteiger partial charge in [0.1, 0.15) is 0 Å². The van der Waals surface area contributed by atoms with Crippen molar-refractivity contribution >= 4 is 0 Å². The summed E-state index contributed by atoms with van der Waals surface area (Å²) in [5.41, 5.74) is 2.31. The Balaban J connectivity index is 2.51. The first kappa shape index (κ1) is 12.0. The van der Waals surface area contributed by atoms with E-state index in [4.69, 9.17) is 4.74 Å². The first-order valence-electron chi connectivity index (χ1n) is 5.42. The van der Waals surface area contributed by atoms with Crippen LogP contribution in [0.25, 0.3) is 0 Å². The molecule has 0 saturated carbocycles. The zero-order valence-electron chi connectivity index (χ0n) is 9.86. The predicted octanol–water partition coefficient (Wildman–Crippen LogP) is 3.80. The molecule has 1 rings (SSSR count). The van der Waals surface area contributed by atoms with Crippen molar-refractivity contribution in [1.29, 1.82) is 0 Å². The number of ether oxygens (including phenoxy) is 1. The first-order chi connectivity index (χ1) is 7.11. The molecule has 0 aliphatic rings. The average molecular weight is 204 g/mol. The van der Waals surface area contributed by atoms with Gasteiger partial charge in [-0.25, -0.2) is 0 Å². The lowest BCUT2D eigenvalue weighted by atomic mass is 10.0. The van der Waals surface area contributed by atoms with Gasteiger partial charge in [-0.05, 0) is 18.4 Å². The summed E-state index contributed by atoms with van der Waals surface area (Å²) in [6.07, 6.45) is 0.158. The highest BCUT2D eigenvalue weighted by molar-refractivity contribution is 5.13. The minimum Gasteiger partial charge on any atom is -0.369 e. The molecule has 0 heterocycles. The van der Waals surface area contributed by atoms with Crippen LogP contribution in [0.1, 0.15) is 26.3 Å². The second-order valence-electron chi connectivity index (χ2n) is 4.31. The highest BCUT2D eigenvalue weighted by atomic mass is 16.5. The van der Waals surface area contributed by atoms with E-state index in [2.05, 4.69) is 32.6 Å². The summed E-state index contributed by atoms with van der Waals surface area (Å²) in [6, 6.07) is 10.2. The Morgan fingerprint density at radius 3 is 2.33 bits per heavy atom. The van der Waals surface area contributed by atoms with Crippen molar-refractivity contribution in [2.75, 3.05) is 0 Å². The highest BCUT2D eigenvalue weighted by Crippen LogP contribution is 2.16. The van der Waals surface area contributed by atoms with Gasteiger partial charge in [0, 0.05) is 0 Å². The maximum Gasteiger partial charge on any atom is 0.0807 e. The van der Waals surface area contributed by atoms with Gasteiger partial charge in [-0.3, -0.25) is 0 Å². The normalized spacial score (nSPS) is 12.8. The molecule has 1 aromatic rings. The van der Waals surface area contributed by atoms with Gasteiger partial charge in [0.25, 0.3) is 0 Å². The SMILES string of the molecule is C=C(C)[C@@H](OCc1ccccc1)C(C)C. The third-order valence-corrected chi connectivity index (χ3v) is 2.36. The summed E-state index contributed by atoms with van der Waals surface area (Å²) in [6.45, 7) is 11.0. The molecule has 0 N–H and O–H groups in total. The van der Waals surface area contributed by atoms with E-state index in [1.807, 2.05) is 25.1 Å². The molecule has 0 radical (unpaired) electrons. The average Bonchev–Trinajstić information content (AvgIpc) is 2.18. The quantitative estimate of drug-likeness (QED) is 0.663. The van der Waals surface area contributed by atoms with E-state index in [-0.39, 0.29) is 6.10 Å². The van der Waals surface area contributed by atoms with E-state index in [9.17, 15) is 0 Å². The number of rotatable bonds is 5. The molecule has 82 valence electrons. The molecule has 0 spiro atoms. The van der Waals surface area contributed by atoms with E-state index < -0.39 is 0 Å². The van der Waals surface area contributed by atoms with Crippen molar-refractivity contribution in [2.24, 2.45) is 5.92 Å². The van der Waals surface area contributed by atoms with E-state index in [1.165, 1.54) is 5.56 Å². The highest BCUT2D eigenvalue weighted by Gasteiger charge is 2.14. The summed E-state index contributed by atoms with van der Waals surface area (Å²) in [4.78, 5) is 0. The van der Waals surface area contributed by atoms with Crippen molar-refractivity contribution in [3.63, 3.8) is 0 Å². The maximum atomic E-state index is 5.85. The molecule has 15 heavy (non-hydrogen) atoms. The van der Waals surface area contributed by atoms with Gasteiger partial charge in [0.2, 0.25) is 0 Å². The smallest absolute Gasteiger partial charge is 0.0807 e. The predicted molar refractivity (Wildman–Crippen MR) is 64.7 cm³/mol. The Morgan fingerprint density at radius 2 is 1.87 bits per heavy atom. The molecule has 1 nitrogen and oxygen atoms in total. The standard InChI is InChI=1S/C14H20O/c1-11(2)14(12(3)4)15-10-13-8-6-5-7-9-13/h5-9,12,14H,1,10H2,2-4H3/t14-/m1/s1. The van der Waals surface area contributed by atoms with Crippen molar-refractivity contribution in [2.45, 2.75) is 33.5 Å². The van der Waals surface area contributed by atoms with Gasteiger partial charge < -0.3 is 4.74 Å². The Labute approximate surface area is 92.8 Å². The molecule has 0 fully saturated rings. The van der Waals surface area contributed by atoms with Gasteiger partial charge in [0.15, 0.2) is 0 Å². The lowest BCUT2D eigenvalue weighted by molar-refractivity contribution is 0.0355. The van der Waals surface area contributed by atoms with Crippen LogP contribution in [0.3, 0.4) is 0 Å². The molecule has 0 amide bonds. The van der Waals surface area contributed by atoms with Crippen molar-refractivity contribution < 1.29 is 4.74 Å². The Bertz CT molecular complexity index is 300. The largest absolute Gasteiger partial charge is 0.369 e. The molecule has 0 aliphatic carbocycles. The zero-order valence-corrected chi connectivity index (χ0v) is 9.86. The van der Waals surface area contributed by atoms with Crippen LogP contribution in [0, 0.1) is 5.92 Å². The molecule has 0 bridgehead atoms. The van der Waals surface area contributed by atoms with Crippen LogP contribution in [-0.2, 0) is 11.3 Å². The topological polar surface area (TPSA) is 9.23 Å². The monoisotopic (exact) mass is 204 g/mol. The number of benzene rings is 1. The fourth-order valence-electron chi connectivity index (χ4n) is 1.66. The third kappa shape index (κ3) is 3.88. The van der Waals surface area contributed by atoms with E-state index in [0.717, 1.165) is 5.57 Å². The van der Waals surface area contributed by atoms with Crippen LogP contribution < -0.4 is 0 Å². The zero-order chi connectivity index (χ0) is 11.3. The molecule has 0 unspecified atom stereocenters. The second kappa shape index (κ2) is 5.72. The molecular weight excluding hydrogens is 184 g/mol. The Hall–Kier alpha value is -1.08. The van der Waals surface area contributed by atoms with Crippen LogP contribution in [0.2, 0.25) is 0 Å². The van der Waals surface area contributed by atoms with Crippen molar-refractivity contribution in [1.82, 2.24) is 0 Å². The molecule has 1 atom stereocenters. The van der Waals surface area contributed by atoms with E-state index in [0.29, 0.717) is 12.5 Å². The van der Waals surface area contributed by atoms with Crippen LogP contribution >= 0.6 is 0 Å². The third-order valence-electron chi connectivity index (χ3n) is 2.36. The van der Waals surface area contributed by atoms with Gasteiger partial charge in [0.05, 0.1) is 12.7 Å². The molecular formula is C14H20O. The minimum absolute atomic E-state index is 0.158. The lowest BCUT2D eigenvalue weighted by Gasteiger charge is -2.21. The lowest BCUT2D eigenvalue weighted by Crippen LogP contribution is -2.20. The van der Waals surface area contributed by atoms with Gasteiger partial charge in [-0.15, -0.1) is 0 Å².